The Morgan fingerprint density at radius 1 is 1.15 bits per heavy atom. The summed E-state index contributed by atoms with van der Waals surface area (Å²) in [5.74, 6) is 3.14. The molecule has 3 aliphatic rings. The lowest BCUT2D eigenvalue weighted by atomic mass is 9.79. The number of carbonyl (C=O) groups excluding carboxylic acids is 1. The number of ketones is 1. The highest BCUT2D eigenvalue weighted by Gasteiger charge is 2.41. The van der Waals surface area contributed by atoms with E-state index in [1.807, 2.05) is 0 Å². The Hall–Kier alpha value is -1.31. The standard InChI is InChI=1S/C18H23NO/c20-18(11-14-10-12-5-6-13(14)9-12)16-7-8-19-17-4-2-1-3-15(16)17/h1-4,12-14,16,19H,5-11H2. The molecule has 1 aromatic carbocycles. The molecule has 0 spiro atoms. The molecule has 2 nitrogen and oxygen atoms in total. The maximum Gasteiger partial charge on any atom is 0.140 e. The topological polar surface area (TPSA) is 29.1 Å². The zero-order chi connectivity index (χ0) is 13.5. The molecule has 2 bridgehead atoms. The van der Waals surface area contributed by atoms with Crippen LogP contribution in [-0.2, 0) is 4.79 Å². The van der Waals surface area contributed by atoms with Crippen molar-refractivity contribution in [3.05, 3.63) is 29.8 Å². The second-order valence-corrected chi connectivity index (χ2v) is 6.96. The van der Waals surface area contributed by atoms with Crippen LogP contribution in [0.1, 0.15) is 50.0 Å². The average Bonchev–Trinajstić information content (AvgIpc) is 3.09. The monoisotopic (exact) mass is 269 g/mol. The van der Waals surface area contributed by atoms with E-state index in [-0.39, 0.29) is 5.92 Å². The summed E-state index contributed by atoms with van der Waals surface area (Å²) < 4.78 is 0. The fourth-order valence-corrected chi connectivity index (χ4v) is 4.83. The normalized spacial score (nSPS) is 34.6. The average molecular weight is 269 g/mol. The maximum atomic E-state index is 12.8. The number of carbonyl (C=O) groups is 1. The van der Waals surface area contributed by atoms with Gasteiger partial charge in [0.05, 0.1) is 0 Å². The lowest BCUT2D eigenvalue weighted by Crippen LogP contribution is -2.25. The van der Waals surface area contributed by atoms with Gasteiger partial charge in [-0.1, -0.05) is 24.6 Å². The van der Waals surface area contributed by atoms with Crippen LogP contribution in [0.4, 0.5) is 5.69 Å². The molecule has 1 heterocycles. The SMILES string of the molecule is O=C(CC1CC2CCC1C2)C1CCNc2ccccc21. The first-order chi connectivity index (χ1) is 9.81. The van der Waals surface area contributed by atoms with Crippen molar-refractivity contribution in [3.63, 3.8) is 0 Å². The highest BCUT2D eigenvalue weighted by molar-refractivity contribution is 5.88. The predicted molar refractivity (Wildman–Crippen MR) is 80.9 cm³/mol. The van der Waals surface area contributed by atoms with E-state index in [0.29, 0.717) is 11.7 Å². The molecular formula is C18H23NO. The van der Waals surface area contributed by atoms with Crippen molar-refractivity contribution >= 4 is 11.5 Å². The van der Waals surface area contributed by atoms with E-state index in [2.05, 4.69) is 29.6 Å². The van der Waals surface area contributed by atoms with Crippen molar-refractivity contribution in [2.75, 3.05) is 11.9 Å². The number of Topliss-reactive ketones (excluding diaryl/α,β-unsaturated/α-hetero) is 1. The minimum absolute atomic E-state index is 0.145. The van der Waals surface area contributed by atoms with Crippen molar-refractivity contribution in [1.82, 2.24) is 0 Å². The van der Waals surface area contributed by atoms with Crippen molar-refractivity contribution in [1.29, 1.82) is 0 Å². The summed E-state index contributed by atoms with van der Waals surface area (Å²) in [5.41, 5.74) is 2.40. The minimum Gasteiger partial charge on any atom is -0.385 e. The predicted octanol–water partition coefficient (Wildman–Crippen LogP) is 3.98. The largest absolute Gasteiger partial charge is 0.385 e. The van der Waals surface area contributed by atoms with E-state index in [4.69, 9.17) is 0 Å². The summed E-state index contributed by atoms with van der Waals surface area (Å²) in [6.45, 7) is 0.935. The number of hydrogen-bond donors (Lipinski definition) is 1. The zero-order valence-electron chi connectivity index (χ0n) is 12.0. The molecule has 106 valence electrons. The molecule has 2 fully saturated rings. The summed E-state index contributed by atoms with van der Waals surface area (Å²) >= 11 is 0. The summed E-state index contributed by atoms with van der Waals surface area (Å²) in [7, 11) is 0. The lowest BCUT2D eigenvalue weighted by Gasteiger charge is -2.28. The molecule has 1 N–H and O–H groups in total. The molecule has 2 heteroatoms. The second-order valence-electron chi connectivity index (χ2n) is 6.96. The van der Waals surface area contributed by atoms with Gasteiger partial charge in [-0.05, 0) is 55.1 Å². The fraction of sp³-hybridized carbons (Fsp3) is 0.611. The van der Waals surface area contributed by atoms with Crippen molar-refractivity contribution in [2.45, 2.75) is 44.4 Å². The summed E-state index contributed by atoms with van der Waals surface area (Å²) in [4.78, 5) is 12.8. The fourth-order valence-electron chi connectivity index (χ4n) is 4.83. The highest BCUT2D eigenvalue weighted by Crippen LogP contribution is 2.50. The van der Waals surface area contributed by atoms with Crippen molar-refractivity contribution in [2.24, 2.45) is 17.8 Å². The number of hydrogen-bond acceptors (Lipinski definition) is 2. The van der Waals surface area contributed by atoms with Crippen LogP contribution in [0.15, 0.2) is 24.3 Å². The molecule has 0 amide bonds. The smallest absolute Gasteiger partial charge is 0.140 e. The number of benzene rings is 1. The van der Waals surface area contributed by atoms with Gasteiger partial charge in [-0.25, -0.2) is 0 Å². The Morgan fingerprint density at radius 3 is 2.85 bits per heavy atom. The molecule has 1 aromatic rings. The van der Waals surface area contributed by atoms with E-state index < -0.39 is 0 Å². The number of nitrogens with one attached hydrogen (secondary N) is 1. The number of rotatable bonds is 3. The number of para-hydroxylation sites is 1. The molecule has 4 unspecified atom stereocenters. The van der Waals surface area contributed by atoms with E-state index >= 15 is 0 Å². The van der Waals surface area contributed by atoms with Crippen molar-refractivity contribution < 1.29 is 4.79 Å². The van der Waals surface area contributed by atoms with Crippen LogP contribution in [0.25, 0.3) is 0 Å². The van der Waals surface area contributed by atoms with Gasteiger partial charge in [0.15, 0.2) is 0 Å². The first kappa shape index (κ1) is 12.4. The van der Waals surface area contributed by atoms with Crippen molar-refractivity contribution in [3.8, 4) is 0 Å². The van der Waals surface area contributed by atoms with Gasteiger partial charge in [-0.15, -0.1) is 0 Å². The Balaban J connectivity index is 1.49. The minimum atomic E-state index is 0.145. The summed E-state index contributed by atoms with van der Waals surface area (Å²) in [6.07, 6.45) is 7.33. The molecule has 2 saturated carbocycles. The van der Waals surface area contributed by atoms with Crippen LogP contribution < -0.4 is 5.32 Å². The van der Waals surface area contributed by atoms with Gasteiger partial charge in [0.25, 0.3) is 0 Å². The molecule has 2 aliphatic carbocycles. The first-order valence-electron chi connectivity index (χ1n) is 8.17. The van der Waals surface area contributed by atoms with Crippen LogP contribution in [0.3, 0.4) is 0 Å². The molecule has 20 heavy (non-hydrogen) atoms. The van der Waals surface area contributed by atoms with E-state index in [0.717, 1.165) is 31.2 Å². The maximum absolute atomic E-state index is 12.8. The van der Waals surface area contributed by atoms with Crippen LogP contribution in [0.2, 0.25) is 0 Å². The summed E-state index contributed by atoms with van der Waals surface area (Å²) in [5, 5.41) is 3.42. The van der Waals surface area contributed by atoms with Gasteiger partial charge in [-0.3, -0.25) is 4.79 Å². The Bertz CT molecular complexity index is 524. The third-order valence-electron chi connectivity index (χ3n) is 5.82. The quantitative estimate of drug-likeness (QED) is 0.899. The molecule has 4 atom stereocenters. The molecule has 1 aliphatic heterocycles. The molecule has 0 aromatic heterocycles. The Labute approximate surface area is 121 Å². The van der Waals surface area contributed by atoms with Gasteiger partial charge in [0.2, 0.25) is 0 Å². The van der Waals surface area contributed by atoms with Gasteiger partial charge in [0, 0.05) is 24.6 Å². The Kier molecular flexibility index (Phi) is 3.05. The van der Waals surface area contributed by atoms with Gasteiger partial charge in [-0.2, -0.15) is 0 Å². The third kappa shape index (κ3) is 2.06. The van der Waals surface area contributed by atoms with E-state index in [1.165, 1.54) is 36.9 Å². The zero-order valence-corrected chi connectivity index (χ0v) is 12.0. The van der Waals surface area contributed by atoms with Crippen LogP contribution in [-0.4, -0.2) is 12.3 Å². The van der Waals surface area contributed by atoms with Gasteiger partial charge < -0.3 is 5.32 Å². The number of fused-ring (bicyclic) bond motifs is 3. The lowest BCUT2D eigenvalue weighted by molar-refractivity contribution is -0.122. The molecule has 4 rings (SSSR count). The Morgan fingerprint density at radius 2 is 2.05 bits per heavy atom. The second kappa shape index (κ2) is 4.91. The van der Waals surface area contributed by atoms with E-state index in [1.54, 1.807) is 0 Å². The summed E-state index contributed by atoms with van der Waals surface area (Å²) in [6, 6.07) is 8.34. The van der Waals surface area contributed by atoms with Gasteiger partial charge >= 0.3 is 0 Å². The number of anilines is 1. The van der Waals surface area contributed by atoms with Crippen LogP contribution in [0.5, 0.6) is 0 Å². The molecule has 0 radical (unpaired) electrons. The molecular weight excluding hydrogens is 246 g/mol. The molecule has 0 saturated heterocycles. The van der Waals surface area contributed by atoms with Gasteiger partial charge in [0.1, 0.15) is 5.78 Å². The van der Waals surface area contributed by atoms with Crippen LogP contribution >= 0.6 is 0 Å². The van der Waals surface area contributed by atoms with E-state index in [9.17, 15) is 4.79 Å². The third-order valence-corrected chi connectivity index (χ3v) is 5.82. The highest BCUT2D eigenvalue weighted by atomic mass is 16.1. The first-order valence-corrected chi connectivity index (χ1v) is 8.17. The van der Waals surface area contributed by atoms with Crippen LogP contribution in [0, 0.1) is 17.8 Å².